The van der Waals surface area contributed by atoms with E-state index in [-0.39, 0.29) is 0 Å². The third-order valence-corrected chi connectivity index (χ3v) is 4.41. The van der Waals surface area contributed by atoms with E-state index in [4.69, 9.17) is 10.5 Å². The fourth-order valence-electron chi connectivity index (χ4n) is 1.78. The molecule has 0 saturated carbocycles. The van der Waals surface area contributed by atoms with Crippen molar-refractivity contribution in [3.8, 4) is 0 Å². The molecular formula is C10H17N3OS2. The summed E-state index contributed by atoms with van der Waals surface area (Å²) in [5.74, 6) is 0.629. The smallest absolute Gasteiger partial charge is 0.153 e. The molecule has 2 rings (SSSR count). The molecule has 0 aliphatic carbocycles. The molecule has 1 aliphatic rings. The second-order valence-electron chi connectivity index (χ2n) is 3.80. The van der Waals surface area contributed by atoms with Gasteiger partial charge in [-0.05, 0) is 37.1 Å². The standard InChI is InChI=1S/C10H17N3OS2/c1-15-8-9(11)13-16-10(8)12-6-7-4-2-3-5-14-7/h7,12H,2-6H2,1H3,(H2,11,13). The van der Waals surface area contributed by atoms with Crippen molar-refractivity contribution in [2.75, 3.05) is 30.5 Å². The van der Waals surface area contributed by atoms with Crippen molar-refractivity contribution in [3.05, 3.63) is 0 Å². The van der Waals surface area contributed by atoms with E-state index in [1.54, 1.807) is 11.8 Å². The Bertz CT molecular complexity index is 337. The molecule has 1 aromatic heterocycles. The molecule has 3 N–H and O–H groups in total. The topological polar surface area (TPSA) is 60.2 Å². The van der Waals surface area contributed by atoms with Gasteiger partial charge < -0.3 is 15.8 Å². The average Bonchev–Trinajstić information content (AvgIpc) is 2.68. The number of hydrogen-bond donors (Lipinski definition) is 2. The number of rotatable bonds is 4. The van der Waals surface area contributed by atoms with Crippen LogP contribution in [0.2, 0.25) is 0 Å². The lowest BCUT2D eigenvalue weighted by Crippen LogP contribution is -2.26. The van der Waals surface area contributed by atoms with Crippen molar-refractivity contribution in [1.82, 2.24) is 4.37 Å². The number of nitrogens with zero attached hydrogens (tertiary/aromatic N) is 1. The molecule has 90 valence electrons. The first-order valence-corrected chi connectivity index (χ1v) is 7.45. The van der Waals surface area contributed by atoms with E-state index in [0.29, 0.717) is 11.9 Å². The number of nitrogens with two attached hydrogens (primary N) is 1. The Morgan fingerprint density at radius 3 is 3.19 bits per heavy atom. The fraction of sp³-hybridized carbons (Fsp3) is 0.700. The fourth-order valence-corrected chi connectivity index (χ4v) is 3.33. The molecule has 0 amide bonds. The Balaban J connectivity index is 1.88. The monoisotopic (exact) mass is 259 g/mol. The van der Waals surface area contributed by atoms with Crippen LogP contribution in [0.1, 0.15) is 19.3 Å². The van der Waals surface area contributed by atoms with Gasteiger partial charge in [-0.1, -0.05) is 0 Å². The van der Waals surface area contributed by atoms with Gasteiger partial charge in [-0.15, -0.1) is 11.8 Å². The van der Waals surface area contributed by atoms with Crippen LogP contribution in [-0.4, -0.2) is 29.9 Å². The molecule has 0 aromatic carbocycles. The predicted molar refractivity (Wildman–Crippen MR) is 70.4 cm³/mol. The Kier molecular flexibility index (Phi) is 4.31. The summed E-state index contributed by atoms with van der Waals surface area (Å²) in [7, 11) is 0. The van der Waals surface area contributed by atoms with Crippen LogP contribution in [0, 0.1) is 0 Å². The van der Waals surface area contributed by atoms with E-state index in [0.717, 1.165) is 29.5 Å². The lowest BCUT2D eigenvalue weighted by molar-refractivity contribution is 0.0248. The Hall–Kier alpha value is -0.460. The number of aromatic nitrogens is 1. The number of ether oxygens (including phenoxy) is 1. The summed E-state index contributed by atoms with van der Waals surface area (Å²) in [5.41, 5.74) is 5.77. The highest BCUT2D eigenvalue weighted by molar-refractivity contribution is 7.99. The van der Waals surface area contributed by atoms with E-state index in [1.165, 1.54) is 24.4 Å². The van der Waals surface area contributed by atoms with E-state index >= 15 is 0 Å². The Morgan fingerprint density at radius 2 is 2.50 bits per heavy atom. The van der Waals surface area contributed by atoms with Crippen LogP contribution in [-0.2, 0) is 4.74 Å². The molecule has 4 nitrogen and oxygen atoms in total. The van der Waals surface area contributed by atoms with Crippen molar-refractivity contribution < 1.29 is 4.74 Å². The van der Waals surface area contributed by atoms with Gasteiger partial charge in [0.15, 0.2) is 5.82 Å². The molecule has 0 spiro atoms. The van der Waals surface area contributed by atoms with Crippen LogP contribution < -0.4 is 11.1 Å². The molecule has 2 heterocycles. The van der Waals surface area contributed by atoms with Gasteiger partial charge in [0, 0.05) is 13.2 Å². The minimum atomic E-state index is 0.340. The summed E-state index contributed by atoms with van der Waals surface area (Å²) in [4.78, 5) is 1.06. The molecule has 1 aliphatic heterocycles. The second-order valence-corrected chi connectivity index (χ2v) is 5.39. The third kappa shape index (κ3) is 2.81. The van der Waals surface area contributed by atoms with Crippen LogP contribution in [0.15, 0.2) is 4.90 Å². The van der Waals surface area contributed by atoms with Gasteiger partial charge in [-0.2, -0.15) is 4.37 Å². The maximum atomic E-state index is 5.77. The zero-order chi connectivity index (χ0) is 11.4. The highest BCUT2D eigenvalue weighted by Crippen LogP contribution is 2.34. The lowest BCUT2D eigenvalue weighted by atomic mass is 10.1. The molecule has 1 unspecified atom stereocenters. The first-order valence-electron chi connectivity index (χ1n) is 5.46. The zero-order valence-electron chi connectivity index (χ0n) is 9.36. The van der Waals surface area contributed by atoms with Gasteiger partial charge in [-0.3, -0.25) is 0 Å². The van der Waals surface area contributed by atoms with Crippen LogP contribution in [0.4, 0.5) is 10.8 Å². The van der Waals surface area contributed by atoms with Crippen LogP contribution in [0.3, 0.4) is 0 Å². The summed E-state index contributed by atoms with van der Waals surface area (Å²) >= 11 is 3.06. The van der Waals surface area contributed by atoms with Gasteiger partial charge in [0.2, 0.25) is 0 Å². The number of nitrogen functional groups attached to an aromatic ring is 1. The minimum absolute atomic E-state index is 0.340. The normalized spacial score (nSPS) is 20.9. The van der Waals surface area contributed by atoms with E-state index in [1.807, 2.05) is 6.26 Å². The van der Waals surface area contributed by atoms with Crippen molar-refractivity contribution in [1.29, 1.82) is 0 Å². The molecule has 0 bridgehead atoms. The van der Waals surface area contributed by atoms with Gasteiger partial charge in [0.25, 0.3) is 0 Å². The molecule has 16 heavy (non-hydrogen) atoms. The minimum Gasteiger partial charge on any atom is -0.382 e. The molecular weight excluding hydrogens is 242 g/mol. The maximum Gasteiger partial charge on any atom is 0.153 e. The maximum absolute atomic E-state index is 5.77. The summed E-state index contributed by atoms with van der Waals surface area (Å²) in [6.45, 7) is 1.75. The predicted octanol–water partition coefficient (Wildman–Crippen LogP) is 2.43. The second kappa shape index (κ2) is 5.75. The van der Waals surface area contributed by atoms with Crippen LogP contribution >= 0.6 is 23.3 Å². The molecule has 6 heteroatoms. The number of hydrogen-bond acceptors (Lipinski definition) is 6. The van der Waals surface area contributed by atoms with Gasteiger partial charge in [-0.25, -0.2) is 0 Å². The average molecular weight is 259 g/mol. The van der Waals surface area contributed by atoms with Gasteiger partial charge in [0.1, 0.15) is 5.00 Å². The number of nitrogens with one attached hydrogen (secondary N) is 1. The molecule has 0 radical (unpaired) electrons. The molecule has 1 aromatic rings. The highest BCUT2D eigenvalue weighted by atomic mass is 32.2. The Labute approximate surface area is 104 Å². The van der Waals surface area contributed by atoms with Crippen LogP contribution in [0.25, 0.3) is 0 Å². The summed E-state index contributed by atoms with van der Waals surface area (Å²) in [6, 6.07) is 0. The SMILES string of the molecule is CSc1c(N)nsc1NCC1CCCCO1. The largest absolute Gasteiger partial charge is 0.382 e. The third-order valence-electron chi connectivity index (χ3n) is 2.64. The molecule has 1 fully saturated rings. The zero-order valence-corrected chi connectivity index (χ0v) is 11.0. The quantitative estimate of drug-likeness (QED) is 0.813. The van der Waals surface area contributed by atoms with Gasteiger partial charge >= 0.3 is 0 Å². The first-order chi connectivity index (χ1) is 7.81. The summed E-state index contributed by atoms with van der Waals surface area (Å²) in [5, 5.41) is 4.45. The molecule has 1 atom stereocenters. The summed E-state index contributed by atoms with van der Waals surface area (Å²) in [6.07, 6.45) is 5.97. The van der Waals surface area contributed by atoms with E-state index in [2.05, 4.69) is 9.69 Å². The van der Waals surface area contributed by atoms with Crippen LogP contribution in [0.5, 0.6) is 0 Å². The lowest BCUT2D eigenvalue weighted by Gasteiger charge is -2.22. The van der Waals surface area contributed by atoms with Crippen molar-refractivity contribution >= 4 is 34.1 Å². The number of thioether (sulfide) groups is 1. The van der Waals surface area contributed by atoms with E-state index in [9.17, 15) is 0 Å². The molecule has 1 saturated heterocycles. The van der Waals surface area contributed by atoms with Crippen molar-refractivity contribution in [2.24, 2.45) is 0 Å². The number of anilines is 2. The van der Waals surface area contributed by atoms with Gasteiger partial charge in [0.05, 0.1) is 11.0 Å². The first kappa shape index (κ1) is 12.0. The summed E-state index contributed by atoms with van der Waals surface area (Å²) < 4.78 is 9.81. The van der Waals surface area contributed by atoms with Crippen molar-refractivity contribution in [2.45, 2.75) is 30.3 Å². The van der Waals surface area contributed by atoms with Crippen molar-refractivity contribution in [3.63, 3.8) is 0 Å². The Morgan fingerprint density at radius 1 is 1.62 bits per heavy atom. The van der Waals surface area contributed by atoms with E-state index < -0.39 is 0 Å². The highest BCUT2D eigenvalue weighted by Gasteiger charge is 2.15.